The molecular weight excluding hydrogens is 334 g/mol. The van der Waals surface area contributed by atoms with Crippen LogP contribution in [0.5, 0.6) is 11.5 Å². The standard InChI is InChI=1S/C19H23N3O4/c1-13-15(14(2)26-20-13)11-21-7-9-22(10-8-21)19(23)18-12-24-16-5-3-4-6-17(16)25-18/h3-6,18H,7-12H2,1-2H3/t18-/m1/s1. The van der Waals surface area contributed by atoms with Crippen LogP contribution in [0.4, 0.5) is 0 Å². The number of fused-ring (bicyclic) bond motifs is 1. The van der Waals surface area contributed by atoms with Gasteiger partial charge in [0.2, 0.25) is 6.10 Å². The fourth-order valence-electron chi connectivity index (χ4n) is 3.42. The van der Waals surface area contributed by atoms with E-state index in [1.807, 2.05) is 43.0 Å². The Bertz CT molecular complexity index is 776. The van der Waals surface area contributed by atoms with Crippen molar-refractivity contribution in [3.8, 4) is 11.5 Å². The largest absolute Gasteiger partial charge is 0.485 e. The molecule has 1 saturated heterocycles. The normalized spacial score (nSPS) is 20.2. The summed E-state index contributed by atoms with van der Waals surface area (Å²) in [7, 11) is 0. The average molecular weight is 357 g/mol. The fourth-order valence-corrected chi connectivity index (χ4v) is 3.42. The minimum absolute atomic E-state index is 0.00325. The molecule has 1 atom stereocenters. The third-order valence-electron chi connectivity index (χ3n) is 5.03. The molecule has 1 amide bonds. The molecule has 0 N–H and O–H groups in total. The Hall–Kier alpha value is -2.54. The number of hydrogen-bond donors (Lipinski definition) is 0. The van der Waals surface area contributed by atoms with E-state index in [-0.39, 0.29) is 12.5 Å². The Kier molecular flexibility index (Phi) is 4.55. The number of ether oxygens (including phenoxy) is 2. The van der Waals surface area contributed by atoms with Gasteiger partial charge < -0.3 is 18.9 Å². The highest BCUT2D eigenvalue weighted by atomic mass is 16.6. The van der Waals surface area contributed by atoms with E-state index < -0.39 is 6.10 Å². The van der Waals surface area contributed by atoms with Crippen molar-refractivity contribution in [2.45, 2.75) is 26.5 Å². The summed E-state index contributed by atoms with van der Waals surface area (Å²) in [5.74, 6) is 2.19. The molecule has 138 valence electrons. The van der Waals surface area contributed by atoms with E-state index in [0.29, 0.717) is 24.6 Å². The zero-order valence-corrected chi connectivity index (χ0v) is 15.1. The van der Waals surface area contributed by atoms with Crippen LogP contribution in [0.15, 0.2) is 28.8 Å². The van der Waals surface area contributed by atoms with Gasteiger partial charge >= 0.3 is 0 Å². The number of nitrogens with zero attached hydrogens (tertiary/aromatic N) is 3. The molecule has 2 aliphatic rings. The van der Waals surface area contributed by atoms with Crippen molar-refractivity contribution in [2.75, 3.05) is 32.8 Å². The van der Waals surface area contributed by atoms with Crippen LogP contribution in [0.2, 0.25) is 0 Å². The zero-order chi connectivity index (χ0) is 18.1. The Labute approximate surface area is 152 Å². The molecule has 0 aliphatic carbocycles. The molecule has 1 aromatic carbocycles. The summed E-state index contributed by atoms with van der Waals surface area (Å²) in [6, 6.07) is 7.45. The fraction of sp³-hybridized carbons (Fsp3) is 0.474. The molecule has 0 unspecified atom stereocenters. The van der Waals surface area contributed by atoms with Gasteiger partial charge in [0.15, 0.2) is 11.5 Å². The molecule has 0 bridgehead atoms. The topological polar surface area (TPSA) is 68.0 Å². The molecule has 0 radical (unpaired) electrons. The number of carbonyl (C=O) groups is 1. The molecule has 7 heteroatoms. The van der Waals surface area contributed by atoms with Gasteiger partial charge in [0.05, 0.1) is 5.69 Å². The van der Waals surface area contributed by atoms with Crippen molar-refractivity contribution >= 4 is 5.91 Å². The highest BCUT2D eigenvalue weighted by molar-refractivity contribution is 5.82. The highest BCUT2D eigenvalue weighted by Gasteiger charge is 2.32. The quantitative estimate of drug-likeness (QED) is 0.834. The summed E-state index contributed by atoms with van der Waals surface area (Å²) >= 11 is 0. The number of hydrogen-bond acceptors (Lipinski definition) is 6. The van der Waals surface area contributed by atoms with Gasteiger partial charge in [-0.15, -0.1) is 0 Å². The Morgan fingerprint density at radius 3 is 2.58 bits per heavy atom. The maximum Gasteiger partial charge on any atom is 0.267 e. The molecule has 3 heterocycles. The molecule has 26 heavy (non-hydrogen) atoms. The van der Waals surface area contributed by atoms with E-state index in [1.165, 1.54) is 0 Å². The van der Waals surface area contributed by atoms with E-state index in [1.54, 1.807) is 0 Å². The molecule has 7 nitrogen and oxygen atoms in total. The molecule has 2 aromatic rings. The van der Waals surface area contributed by atoms with Crippen molar-refractivity contribution in [2.24, 2.45) is 0 Å². The monoisotopic (exact) mass is 357 g/mol. The summed E-state index contributed by atoms with van der Waals surface area (Å²) < 4.78 is 16.7. The van der Waals surface area contributed by atoms with Crippen molar-refractivity contribution in [3.63, 3.8) is 0 Å². The Morgan fingerprint density at radius 2 is 1.88 bits per heavy atom. The third-order valence-corrected chi connectivity index (χ3v) is 5.03. The predicted octanol–water partition coefficient (Wildman–Crippen LogP) is 1.78. The summed E-state index contributed by atoms with van der Waals surface area (Å²) in [5.41, 5.74) is 2.08. The van der Waals surface area contributed by atoms with Crippen LogP contribution >= 0.6 is 0 Å². The van der Waals surface area contributed by atoms with Crippen molar-refractivity contribution in [3.05, 3.63) is 41.3 Å². The number of benzene rings is 1. The van der Waals surface area contributed by atoms with Crippen LogP contribution in [0.25, 0.3) is 0 Å². The Balaban J connectivity index is 1.33. The number of piperazine rings is 1. The van der Waals surface area contributed by atoms with Gasteiger partial charge in [-0.1, -0.05) is 17.3 Å². The lowest BCUT2D eigenvalue weighted by molar-refractivity contribution is -0.143. The zero-order valence-electron chi connectivity index (χ0n) is 15.1. The van der Waals surface area contributed by atoms with E-state index in [4.69, 9.17) is 14.0 Å². The van der Waals surface area contributed by atoms with Crippen LogP contribution in [0, 0.1) is 13.8 Å². The second-order valence-corrected chi connectivity index (χ2v) is 6.77. The first-order valence-corrected chi connectivity index (χ1v) is 8.93. The van der Waals surface area contributed by atoms with E-state index in [0.717, 1.165) is 36.7 Å². The van der Waals surface area contributed by atoms with Crippen molar-refractivity contribution < 1.29 is 18.8 Å². The minimum Gasteiger partial charge on any atom is -0.485 e. The first-order valence-electron chi connectivity index (χ1n) is 8.93. The predicted molar refractivity (Wildman–Crippen MR) is 94.2 cm³/mol. The molecule has 1 fully saturated rings. The van der Waals surface area contributed by atoms with Crippen LogP contribution in [0.3, 0.4) is 0 Å². The maximum atomic E-state index is 12.8. The molecule has 0 spiro atoms. The highest BCUT2D eigenvalue weighted by Crippen LogP contribution is 2.31. The number of carbonyl (C=O) groups excluding carboxylic acids is 1. The lowest BCUT2D eigenvalue weighted by atomic mass is 10.1. The summed E-state index contributed by atoms with van der Waals surface area (Å²) in [6.45, 7) is 7.97. The summed E-state index contributed by atoms with van der Waals surface area (Å²) in [4.78, 5) is 17.0. The van der Waals surface area contributed by atoms with Gasteiger partial charge in [-0.05, 0) is 26.0 Å². The molecule has 2 aliphatic heterocycles. The van der Waals surface area contributed by atoms with Gasteiger partial charge in [-0.2, -0.15) is 0 Å². The van der Waals surface area contributed by atoms with Crippen molar-refractivity contribution in [1.82, 2.24) is 15.0 Å². The van der Waals surface area contributed by atoms with Gasteiger partial charge in [-0.25, -0.2) is 0 Å². The first kappa shape index (κ1) is 16.9. The van der Waals surface area contributed by atoms with Crippen LogP contribution in [-0.4, -0.2) is 59.8 Å². The lowest BCUT2D eigenvalue weighted by Crippen LogP contribution is -2.53. The smallest absolute Gasteiger partial charge is 0.267 e. The molecule has 0 saturated carbocycles. The number of amides is 1. The summed E-state index contributed by atoms with van der Waals surface area (Å²) in [5, 5.41) is 4.01. The van der Waals surface area contributed by atoms with Crippen LogP contribution < -0.4 is 9.47 Å². The van der Waals surface area contributed by atoms with Gasteiger partial charge in [0, 0.05) is 38.3 Å². The maximum absolute atomic E-state index is 12.8. The number of aromatic nitrogens is 1. The molecule has 1 aromatic heterocycles. The van der Waals surface area contributed by atoms with E-state index >= 15 is 0 Å². The summed E-state index contributed by atoms with van der Waals surface area (Å²) in [6.07, 6.45) is -0.570. The SMILES string of the molecule is Cc1noc(C)c1CN1CCN(C(=O)[C@H]2COc3ccccc3O2)CC1. The van der Waals surface area contributed by atoms with Crippen molar-refractivity contribution in [1.29, 1.82) is 0 Å². The number of rotatable bonds is 3. The second kappa shape index (κ2) is 6.99. The van der Waals surface area contributed by atoms with E-state index in [2.05, 4.69) is 10.1 Å². The van der Waals surface area contributed by atoms with E-state index in [9.17, 15) is 4.79 Å². The second-order valence-electron chi connectivity index (χ2n) is 6.77. The lowest BCUT2D eigenvalue weighted by Gasteiger charge is -2.37. The molecular formula is C19H23N3O4. The first-order chi connectivity index (χ1) is 12.6. The van der Waals surface area contributed by atoms with Crippen LogP contribution in [-0.2, 0) is 11.3 Å². The Morgan fingerprint density at radius 1 is 1.15 bits per heavy atom. The van der Waals surface area contributed by atoms with Gasteiger partial charge in [0.1, 0.15) is 12.4 Å². The van der Waals surface area contributed by atoms with Gasteiger partial charge in [0.25, 0.3) is 5.91 Å². The average Bonchev–Trinajstić information content (AvgIpc) is 2.99. The third kappa shape index (κ3) is 3.26. The molecule has 4 rings (SSSR count). The van der Waals surface area contributed by atoms with Crippen LogP contribution in [0.1, 0.15) is 17.0 Å². The number of aryl methyl sites for hydroxylation is 2. The van der Waals surface area contributed by atoms with Gasteiger partial charge in [-0.3, -0.25) is 9.69 Å². The number of para-hydroxylation sites is 2. The minimum atomic E-state index is -0.570.